The molecule has 2 aromatic carbocycles. The summed E-state index contributed by atoms with van der Waals surface area (Å²) in [5, 5.41) is 0. The van der Waals surface area contributed by atoms with Crippen molar-refractivity contribution in [1.29, 1.82) is 0 Å². The zero-order valence-electron chi connectivity index (χ0n) is 12.3. The monoisotopic (exact) mass is 331 g/mol. The molecule has 0 aliphatic heterocycles. The van der Waals surface area contributed by atoms with E-state index in [1.54, 1.807) is 24.5 Å². The van der Waals surface area contributed by atoms with Gasteiger partial charge in [0.05, 0.1) is 11.1 Å². The number of aromatic nitrogens is 1. The number of ether oxygens (including phenoxy) is 1. The van der Waals surface area contributed by atoms with E-state index in [1.807, 2.05) is 0 Å². The summed E-state index contributed by atoms with van der Waals surface area (Å²) in [6.07, 6.45) is 2.17. The predicted molar refractivity (Wildman–Crippen MR) is 81.3 cm³/mol. The van der Waals surface area contributed by atoms with E-state index in [2.05, 4.69) is 0 Å². The summed E-state index contributed by atoms with van der Waals surface area (Å²) in [5.74, 6) is -2.50. The maximum Gasteiger partial charge on any atom is 0.207 e. The summed E-state index contributed by atoms with van der Waals surface area (Å²) in [5.41, 5.74) is -0.652. The smallest absolute Gasteiger partial charge is 0.207 e. The Bertz CT molecular complexity index is 842. The molecule has 0 amide bonds. The second-order valence-electron chi connectivity index (χ2n) is 5.01. The molecule has 1 aromatic heterocycles. The maximum absolute atomic E-state index is 14.2. The zero-order valence-corrected chi connectivity index (χ0v) is 12.3. The second kappa shape index (κ2) is 6.62. The molecular weight excluding hydrogens is 319 g/mol. The molecule has 0 aliphatic carbocycles. The van der Waals surface area contributed by atoms with E-state index in [0.717, 1.165) is 18.2 Å². The van der Waals surface area contributed by atoms with Gasteiger partial charge in [-0.25, -0.2) is 13.2 Å². The molecule has 1 heterocycles. The van der Waals surface area contributed by atoms with Gasteiger partial charge in [-0.05, 0) is 36.4 Å². The number of halogens is 3. The van der Waals surface area contributed by atoms with Gasteiger partial charge in [-0.15, -0.1) is 0 Å². The Balaban J connectivity index is 2.11. The molecule has 3 aromatic rings. The van der Waals surface area contributed by atoms with Crippen molar-refractivity contribution in [3.8, 4) is 5.75 Å². The van der Waals surface area contributed by atoms with Gasteiger partial charge in [0.15, 0.2) is 6.29 Å². The van der Waals surface area contributed by atoms with E-state index in [9.17, 15) is 18.0 Å². The normalized spacial score (nSPS) is 12.0. The van der Waals surface area contributed by atoms with Crippen LogP contribution in [0.15, 0.2) is 60.9 Å². The van der Waals surface area contributed by atoms with Gasteiger partial charge in [0.2, 0.25) is 6.23 Å². The van der Waals surface area contributed by atoms with Crippen LogP contribution in [0.5, 0.6) is 5.75 Å². The van der Waals surface area contributed by atoms with E-state index in [-0.39, 0.29) is 16.9 Å². The average Bonchev–Trinajstić information content (AvgIpc) is 3.08. The number of hydrogen-bond acceptors (Lipinski definition) is 2. The lowest BCUT2D eigenvalue weighted by molar-refractivity contribution is 0.110. The molecule has 6 heteroatoms. The fraction of sp³-hybridized carbons (Fsp3) is 0.0556. The highest BCUT2D eigenvalue weighted by Crippen LogP contribution is 2.30. The van der Waals surface area contributed by atoms with Crippen LogP contribution < -0.4 is 4.74 Å². The Hall–Kier alpha value is -3.02. The van der Waals surface area contributed by atoms with Crippen LogP contribution in [0.3, 0.4) is 0 Å². The standard InChI is InChI=1S/C18H12F3NO2/c19-13-5-4-8-16(12(13)11-23)24-18(22-9-1-2-10-22)17-14(20)6-3-7-15(17)21/h1-11,18H. The van der Waals surface area contributed by atoms with E-state index in [4.69, 9.17) is 4.74 Å². The molecule has 0 aliphatic rings. The molecule has 0 spiro atoms. The molecule has 0 bridgehead atoms. The van der Waals surface area contributed by atoms with E-state index < -0.39 is 23.7 Å². The first-order chi connectivity index (χ1) is 11.6. The number of nitrogens with zero attached hydrogens (tertiary/aromatic N) is 1. The minimum absolute atomic E-state index is 0.105. The van der Waals surface area contributed by atoms with Gasteiger partial charge >= 0.3 is 0 Å². The summed E-state index contributed by atoms with van der Waals surface area (Å²) in [4.78, 5) is 11.1. The molecule has 24 heavy (non-hydrogen) atoms. The van der Waals surface area contributed by atoms with Gasteiger partial charge in [-0.2, -0.15) is 0 Å². The van der Waals surface area contributed by atoms with Crippen LogP contribution >= 0.6 is 0 Å². The SMILES string of the molecule is O=Cc1c(F)cccc1OC(c1c(F)cccc1F)n1cccc1. The largest absolute Gasteiger partial charge is 0.465 e. The Morgan fingerprint density at radius 3 is 2.08 bits per heavy atom. The first kappa shape index (κ1) is 15.9. The molecule has 1 atom stereocenters. The fourth-order valence-electron chi connectivity index (χ4n) is 2.37. The van der Waals surface area contributed by atoms with Crippen LogP contribution in [-0.2, 0) is 0 Å². The molecule has 0 saturated heterocycles. The Kier molecular flexibility index (Phi) is 4.37. The molecule has 3 rings (SSSR count). The molecular formula is C18H12F3NO2. The van der Waals surface area contributed by atoms with Crippen LogP contribution in [0, 0.1) is 17.5 Å². The number of rotatable bonds is 5. The summed E-state index contributed by atoms with van der Waals surface area (Å²) in [6.45, 7) is 0. The number of benzene rings is 2. The summed E-state index contributed by atoms with van der Waals surface area (Å²) >= 11 is 0. The van der Waals surface area contributed by atoms with E-state index >= 15 is 0 Å². The molecule has 0 N–H and O–H groups in total. The van der Waals surface area contributed by atoms with Crippen molar-refractivity contribution >= 4 is 6.29 Å². The van der Waals surface area contributed by atoms with Gasteiger partial charge in [0, 0.05) is 12.4 Å². The third-order valence-electron chi connectivity index (χ3n) is 3.51. The topological polar surface area (TPSA) is 31.2 Å². The van der Waals surface area contributed by atoms with E-state index in [1.165, 1.54) is 22.8 Å². The van der Waals surface area contributed by atoms with E-state index in [0.29, 0.717) is 6.29 Å². The number of hydrogen-bond donors (Lipinski definition) is 0. The first-order valence-electron chi connectivity index (χ1n) is 7.08. The Labute approximate surface area is 135 Å². The van der Waals surface area contributed by atoms with Crippen molar-refractivity contribution in [2.45, 2.75) is 6.23 Å². The van der Waals surface area contributed by atoms with Crippen LogP contribution in [0.25, 0.3) is 0 Å². The predicted octanol–water partition coefficient (Wildman–Crippen LogP) is 4.34. The lowest BCUT2D eigenvalue weighted by atomic mass is 10.1. The first-order valence-corrected chi connectivity index (χ1v) is 7.08. The molecule has 122 valence electrons. The maximum atomic E-state index is 14.2. The number of carbonyl (C=O) groups is 1. The molecule has 0 saturated carbocycles. The number of carbonyl (C=O) groups excluding carboxylic acids is 1. The Morgan fingerprint density at radius 1 is 0.875 bits per heavy atom. The highest BCUT2D eigenvalue weighted by Gasteiger charge is 2.24. The average molecular weight is 331 g/mol. The Morgan fingerprint density at radius 2 is 1.46 bits per heavy atom. The third-order valence-corrected chi connectivity index (χ3v) is 3.51. The lowest BCUT2D eigenvalue weighted by Crippen LogP contribution is -2.20. The lowest BCUT2D eigenvalue weighted by Gasteiger charge is -2.23. The minimum atomic E-state index is -1.23. The fourth-order valence-corrected chi connectivity index (χ4v) is 2.37. The zero-order chi connectivity index (χ0) is 17.1. The number of aldehydes is 1. The highest BCUT2D eigenvalue weighted by molar-refractivity contribution is 5.79. The second-order valence-corrected chi connectivity index (χ2v) is 5.01. The van der Waals surface area contributed by atoms with Crippen molar-refractivity contribution in [2.75, 3.05) is 0 Å². The van der Waals surface area contributed by atoms with Crippen LogP contribution in [-0.4, -0.2) is 10.9 Å². The summed E-state index contributed by atoms with van der Waals surface area (Å²) in [7, 11) is 0. The highest BCUT2D eigenvalue weighted by atomic mass is 19.1. The van der Waals surface area contributed by atoms with Gasteiger partial charge in [0.1, 0.15) is 23.2 Å². The van der Waals surface area contributed by atoms with Gasteiger partial charge in [-0.3, -0.25) is 4.79 Å². The van der Waals surface area contributed by atoms with Crippen LogP contribution in [0.1, 0.15) is 22.1 Å². The van der Waals surface area contributed by atoms with Crippen molar-refractivity contribution in [3.05, 3.63) is 89.5 Å². The quantitative estimate of drug-likeness (QED) is 0.651. The molecule has 0 radical (unpaired) electrons. The van der Waals surface area contributed by atoms with Crippen molar-refractivity contribution in [1.82, 2.24) is 4.57 Å². The van der Waals surface area contributed by atoms with Crippen LogP contribution in [0.4, 0.5) is 13.2 Å². The third kappa shape index (κ3) is 2.90. The van der Waals surface area contributed by atoms with Crippen molar-refractivity contribution < 1.29 is 22.7 Å². The summed E-state index contributed by atoms with van der Waals surface area (Å²) in [6, 6.07) is 10.6. The van der Waals surface area contributed by atoms with Gasteiger partial charge in [-0.1, -0.05) is 12.1 Å². The van der Waals surface area contributed by atoms with Crippen LogP contribution in [0.2, 0.25) is 0 Å². The molecule has 3 nitrogen and oxygen atoms in total. The van der Waals surface area contributed by atoms with Gasteiger partial charge < -0.3 is 9.30 Å². The van der Waals surface area contributed by atoms with Crippen molar-refractivity contribution in [3.63, 3.8) is 0 Å². The molecule has 0 fully saturated rings. The van der Waals surface area contributed by atoms with Gasteiger partial charge in [0.25, 0.3) is 0 Å². The minimum Gasteiger partial charge on any atom is -0.465 e. The summed E-state index contributed by atoms with van der Waals surface area (Å²) < 4.78 is 49.1. The van der Waals surface area contributed by atoms with Crippen molar-refractivity contribution in [2.24, 2.45) is 0 Å². The molecule has 1 unspecified atom stereocenters.